The van der Waals surface area contributed by atoms with E-state index in [0.29, 0.717) is 0 Å². The fourth-order valence-electron chi connectivity index (χ4n) is 3.75. The largest absolute Gasteiger partial charge is 0.172 e. The highest BCUT2D eigenvalue weighted by molar-refractivity contribution is 7.00. The van der Waals surface area contributed by atoms with Gasteiger partial charge in [-0.15, -0.1) is 0 Å². The van der Waals surface area contributed by atoms with Gasteiger partial charge in [-0.3, -0.25) is 0 Å². The third-order valence-electron chi connectivity index (χ3n) is 5.87. The van der Waals surface area contributed by atoms with Crippen molar-refractivity contribution >= 4 is 22.8 Å². The zero-order valence-electron chi connectivity index (χ0n) is 16.8. The standard InChI is InChI=1S/C24H24N2S/c1-13-7-9-19(11-15(13)3)21-17(5)18(6)22(24-23(21)25-27-26-24)20-10-8-14(2)16(4)12-20/h7-12H,1-6H3. The molecule has 1 heterocycles. The molecule has 0 atom stereocenters. The minimum atomic E-state index is 1.01. The molecule has 4 aromatic rings. The molecule has 0 aliphatic heterocycles. The first-order chi connectivity index (χ1) is 12.9. The Hall–Kier alpha value is -2.52. The lowest BCUT2D eigenvalue weighted by Gasteiger charge is -2.17. The van der Waals surface area contributed by atoms with Crippen molar-refractivity contribution in [1.29, 1.82) is 0 Å². The first-order valence-electron chi connectivity index (χ1n) is 9.29. The fraction of sp³-hybridized carbons (Fsp3) is 0.250. The highest BCUT2D eigenvalue weighted by Crippen LogP contribution is 2.41. The number of rotatable bonds is 2. The van der Waals surface area contributed by atoms with Crippen molar-refractivity contribution in [3.8, 4) is 22.3 Å². The van der Waals surface area contributed by atoms with Crippen LogP contribution < -0.4 is 0 Å². The molecule has 3 heteroatoms. The quantitative estimate of drug-likeness (QED) is 0.383. The van der Waals surface area contributed by atoms with Crippen molar-refractivity contribution in [2.75, 3.05) is 0 Å². The third-order valence-corrected chi connectivity index (χ3v) is 6.39. The van der Waals surface area contributed by atoms with Gasteiger partial charge >= 0.3 is 0 Å². The van der Waals surface area contributed by atoms with Crippen LogP contribution in [-0.2, 0) is 0 Å². The first kappa shape index (κ1) is 17.9. The summed E-state index contributed by atoms with van der Waals surface area (Å²) in [5.74, 6) is 0. The van der Waals surface area contributed by atoms with E-state index in [4.69, 9.17) is 8.75 Å². The summed E-state index contributed by atoms with van der Waals surface area (Å²) in [6, 6.07) is 13.3. The van der Waals surface area contributed by atoms with E-state index in [0.717, 1.165) is 11.0 Å². The molecule has 0 bridgehead atoms. The van der Waals surface area contributed by atoms with Gasteiger partial charge in [-0.25, -0.2) is 0 Å². The van der Waals surface area contributed by atoms with Gasteiger partial charge in [0.05, 0.1) is 11.7 Å². The van der Waals surface area contributed by atoms with E-state index in [9.17, 15) is 0 Å². The van der Waals surface area contributed by atoms with Gasteiger partial charge in [0.1, 0.15) is 11.0 Å². The molecular weight excluding hydrogens is 348 g/mol. The number of benzene rings is 3. The van der Waals surface area contributed by atoms with E-state index in [1.165, 1.54) is 67.4 Å². The summed E-state index contributed by atoms with van der Waals surface area (Å²) in [7, 11) is 0. The predicted molar refractivity (Wildman–Crippen MR) is 117 cm³/mol. The number of hydrogen-bond donors (Lipinski definition) is 0. The lowest BCUT2D eigenvalue weighted by molar-refractivity contribution is 1.31. The minimum Gasteiger partial charge on any atom is -0.172 e. The molecule has 0 aliphatic carbocycles. The van der Waals surface area contributed by atoms with Gasteiger partial charge in [0, 0.05) is 11.1 Å². The smallest absolute Gasteiger partial charge is 0.113 e. The van der Waals surface area contributed by atoms with Crippen LogP contribution in [0.2, 0.25) is 0 Å². The molecule has 2 nitrogen and oxygen atoms in total. The first-order valence-corrected chi connectivity index (χ1v) is 10.0. The molecule has 0 aliphatic rings. The zero-order chi connectivity index (χ0) is 19.3. The Morgan fingerprint density at radius 1 is 0.556 bits per heavy atom. The second-order valence-electron chi connectivity index (χ2n) is 7.56. The number of aromatic nitrogens is 2. The second-order valence-corrected chi connectivity index (χ2v) is 8.09. The molecule has 0 saturated carbocycles. The molecule has 1 aromatic heterocycles. The molecule has 3 aromatic carbocycles. The van der Waals surface area contributed by atoms with E-state index in [1.54, 1.807) is 0 Å². The van der Waals surface area contributed by atoms with Crippen molar-refractivity contribution in [2.45, 2.75) is 41.5 Å². The van der Waals surface area contributed by atoms with Gasteiger partial charge in [-0.05, 0) is 86.1 Å². The van der Waals surface area contributed by atoms with Crippen LogP contribution in [0.4, 0.5) is 0 Å². The van der Waals surface area contributed by atoms with Crippen molar-refractivity contribution in [1.82, 2.24) is 8.75 Å². The molecule has 27 heavy (non-hydrogen) atoms. The van der Waals surface area contributed by atoms with E-state index >= 15 is 0 Å². The summed E-state index contributed by atoms with van der Waals surface area (Å²) in [6.07, 6.45) is 0. The SMILES string of the molecule is Cc1ccc(-c2c(C)c(C)c(-c3ccc(C)c(C)c3)c3nsnc23)cc1C. The van der Waals surface area contributed by atoms with Gasteiger partial charge in [-0.1, -0.05) is 36.4 Å². The summed E-state index contributed by atoms with van der Waals surface area (Å²) < 4.78 is 9.41. The average Bonchev–Trinajstić information content (AvgIpc) is 3.10. The number of nitrogens with zero attached hydrogens (tertiary/aromatic N) is 2. The molecule has 0 N–H and O–H groups in total. The van der Waals surface area contributed by atoms with Gasteiger partial charge in [0.15, 0.2) is 0 Å². The molecule has 4 rings (SSSR count). The average molecular weight is 373 g/mol. The van der Waals surface area contributed by atoms with Crippen molar-refractivity contribution in [2.24, 2.45) is 0 Å². The number of hydrogen-bond acceptors (Lipinski definition) is 3. The lowest BCUT2D eigenvalue weighted by atomic mass is 9.87. The summed E-state index contributed by atoms with van der Waals surface area (Å²) in [5, 5.41) is 0. The third kappa shape index (κ3) is 2.87. The normalized spacial score (nSPS) is 11.3. The van der Waals surface area contributed by atoms with E-state index in [1.807, 2.05) is 0 Å². The predicted octanol–water partition coefficient (Wildman–Crippen LogP) is 6.88. The number of aryl methyl sites for hydroxylation is 4. The zero-order valence-corrected chi connectivity index (χ0v) is 17.6. The summed E-state index contributed by atoms with van der Waals surface area (Å²) in [5.41, 5.74) is 14.7. The molecule has 0 spiro atoms. The molecule has 0 fully saturated rings. The maximum Gasteiger partial charge on any atom is 0.113 e. The minimum absolute atomic E-state index is 1.01. The molecular formula is C24H24N2S. The van der Waals surface area contributed by atoms with Gasteiger partial charge in [0.25, 0.3) is 0 Å². The Labute approximate surface area is 165 Å². The van der Waals surface area contributed by atoms with Gasteiger partial charge in [-0.2, -0.15) is 8.75 Å². The van der Waals surface area contributed by atoms with Crippen LogP contribution in [0.15, 0.2) is 36.4 Å². The van der Waals surface area contributed by atoms with Crippen LogP contribution in [0, 0.1) is 41.5 Å². The van der Waals surface area contributed by atoms with Crippen LogP contribution in [0.3, 0.4) is 0 Å². The van der Waals surface area contributed by atoms with Crippen molar-refractivity contribution in [3.05, 3.63) is 69.8 Å². The van der Waals surface area contributed by atoms with Crippen molar-refractivity contribution < 1.29 is 0 Å². The Balaban J connectivity index is 2.05. The van der Waals surface area contributed by atoms with Crippen LogP contribution in [-0.4, -0.2) is 8.75 Å². The maximum absolute atomic E-state index is 4.71. The van der Waals surface area contributed by atoms with E-state index in [2.05, 4.69) is 77.9 Å². The van der Waals surface area contributed by atoms with Crippen LogP contribution in [0.1, 0.15) is 33.4 Å². The Morgan fingerprint density at radius 3 is 1.33 bits per heavy atom. The molecule has 0 saturated heterocycles. The topological polar surface area (TPSA) is 25.8 Å². The van der Waals surface area contributed by atoms with E-state index in [-0.39, 0.29) is 0 Å². The maximum atomic E-state index is 4.71. The Morgan fingerprint density at radius 2 is 0.963 bits per heavy atom. The monoisotopic (exact) mass is 372 g/mol. The summed E-state index contributed by atoms with van der Waals surface area (Å²) in [4.78, 5) is 0. The highest BCUT2D eigenvalue weighted by atomic mass is 32.1. The fourth-order valence-corrected chi connectivity index (χ4v) is 4.31. The molecule has 0 amide bonds. The molecule has 136 valence electrons. The summed E-state index contributed by atoms with van der Waals surface area (Å²) in [6.45, 7) is 13.1. The van der Waals surface area contributed by atoms with Crippen LogP contribution in [0.25, 0.3) is 33.3 Å². The van der Waals surface area contributed by atoms with Crippen LogP contribution >= 0.6 is 11.7 Å². The Bertz CT molecular complexity index is 1090. The number of fused-ring (bicyclic) bond motifs is 1. The summed E-state index contributed by atoms with van der Waals surface area (Å²) >= 11 is 1.30. The lowest BCUT2D eigenvalue weighted by Crippen LogP contribution is -1.96. The molecule has 0 radical (unpaired) electrons. The van der Waals surface area contributed by atoms with Crippen molar-refractivity contribution in [3.63, 3.8) is 0 Å². The Kier molecular flexibility index (Phi) is 4.35. The van der Waals surface area contributed by atoms with Gasteiger partial charge in [0.2, 0.25) is 0 Å². The van der Waals surface area contributed by atoms with Crippen LogP contribution in [0.5, 0.6) is 0 Å². The van der Waals surface area contributed by atoms with Gasteiger partial charge < -0.3 is 0 Å². The highest BCUT2D eigenvalue weighted by Gasteiger charge is 2.20. The second kappa shape index (κ2) is 6.58. The van der Waals surface area contributed by atoms with E-state index < -0.39 is 0 Å². The molecule has 0 unspecified atom stereocenters.